The molecule has 0 radical (unpaired) electrons. The van der Waals surface area contributed by atoms with Crippen molar-refractivity contribution in [2.75, 3.05) is 26.2 Å². The maximum Gasteiger partial charge on any atom is 0.387 e. The number of halogens is 2. The number of rotatable bonds is 7. The van der Waals surface area contributed by atoms with Crippen LogP contribution in [0.15, 0.2) is 42.7 Å². The molecule has 2 aromatic rings. The average Bonchev–Trinajstić information content (AvgIpc) is 2.63. The van der Waals surface area contributed by atoms with E-state index in [0.29, 0.717) is 6.61 Å². The summed E-state index contributed by atoms with van der Waals surface area (Å²) in [6.45, 7) is 2.54. The summed E-state index contributed by atoms with van der Waals surface area (Å²) in [7, 11) is 0. The van der Waals surface area contributed by atoms with E-state index in [4.69, 9.17) is 4.74 Å². The Kier molecular flexibility index (Phi) is 6.52. The summed E-state index contributed by atoms with van der Waals surface area (Å²) in [5.74, 6) is 0.172. The lowest BCUT2D eigenvalue weighted by atomic mass is 10.1. The van der Waals surface area contributed by atoms with Crippen molar-refractivity contribution in [2.45, 2.75) is 32.5 Å². The maximum absolute atomic E-state index is 12.4. The molecule has 0 saturated carbocycles. The largest absolute Gasteiger partial charge is 0.435 e. The summed E-state index contributed by atoms with van der Waals surface area (Å²) in [6, 6.07) is 8.83. The first-order valence-electron chi connectivity index (χ1n) is 8.90. The van der Waals surface area contributed by atoms with Gasteiger partial charge in [-0.25, -0.2) is 0 Å². The van der Waals surface area contributed by atoms with Gasteiger partial charge in [-0.3, -0.25) is 9.88 Å². The van der Waals surface area contributed by atoms with Gasteiger partial charge >= 0.3 is 6.61 Å². The Hall–Kier alpha value is -2.05. The molecule has 1 aliphatic rings. The Balaban J connectivity index is 1.53. The Morgan fingerprint density at radius 3 is 3.04 bits per heavy atom. The molecule has 0 spiro atoms. The number of aryl methyl sites for hydroxylation is 2. The van der Waals surface area contributed by atoms with Gasteiger partial charge in [0.2, 0.25) is 0 Å². The number of ether oxygens (including phenoxy) is 2. The van der Waals surface area contributed by atoms with Gasteiger partial charge in [0.05, 0.1) is 12.7 Å². The molecular weight excluding hydrogens is 338 g/mol. The number of nitrogens with zero attached hydrogens (tertiary/aromatic N) is 2. The highest BCUT2D eigenvalue weighted by Gasteiger charge is 2.22. The predicted octanol–water partition coefficient (Wildman–Crippen LogP) is 4.00. The lowest BCUT2D eigenvalue weighted by Crippen LogP contribution is -2.39. The number of pyridine rings is 1. The first-order chi connectivity index (χ1) is 12.6. The molecular formula is C20H24F2N2O2. The fourth-order valence-corrected chi connectivity index (χ4v) is 3.25. The van der Waals surface area contributed by atoms with Crippen LogP contribution in [0.4, 0.5) is 8.78 Å². The summed E-state index contributed by atoms with van der Waals surface area (Å²) in [4.78, 5) is 6.55. The summed E-state index contributed by atoms with van der Waals surface area (Å²) in [6.07, 6.45) is 5.68. The number of hydrogen-bond donors (Lipinski definition) is 0. The van der Waals surface area contributed by atoms with Gasteiger partial charge in [0.1, 0.15) is 5.75 Å². The van der Waals surface area contributed by atoms with E-state index < -0.39 is 6.61 Å². The number of aromatic nitrogens is 1. The van der Waals surface area contributed by atoms with Crippen molar-refractivity contribution in [3.63, 3.8) is 0 Å². The van der Waals surface area contributed by atoms with E-state index in [1.165, 1.54) is 17.2 Å². The van der Waals surface area contributed by atoms with Crippen molar-refractivity contribution in [2.24, 2.45) is 0 Å². The molecule has 1 atom stereocenters. The fourth-order valence-electron chi connectivity index (χ4n) is 3.25. The summed E-state index contributed by atoms with van der Waals surface area (Å²) < 4.78 is 35.1. The van der Waals surface area contributed by atoms with Crippen LogP contribution in [0.5, 0.6) is 5.75 Å². The molecule has 4 nitrogen and oxygen atoms in total. The number of hydrogen-bond acceptors (Lipinski definition) is 4. The second-order valence-electron chi connectivity index (χ2n) is 6.52. The molecule has 0 aliphatic carbocycles. The Labute approximate surface area is 152 Å². The minimum atomic E-state index is -2.81. The van der Waals surface area contributed by atoms with Gasteiger partial charge in [-0.1, -0.05) is 12.1 Å². The van der Waals surface area contributed by atoms with E-state index in [2.05, 4.69) is 21.5 Å². The molecule has 6 heteroatoms. The summed E-state index contributed by atoms with van der Waals surface area (Å²) in [5.41, 5.74) is 3.43. The number of morpholine rings is 1. The molecule has 0 N–H and O–H groups in total. The SMILES string of the molecule is Cc1ccncc1CCCN1CCOC(c2cccc(OC(F)F)c2)C1. The normalized spacial score (nSPS) is 18.2. The third kappa shape index (κ3) is 5.22. The molecule has 1 aromatic carbocycles. The highest BCUT2D eigenvalue weighted by atomic mass is 19.3. The van der Waals surface area contributed by atoms with Crippen LogP contribution in [0.2, 0.25) is 0 Å². The first kappa shape index (κ1) is 18.7. The minimum absolute atomic E-state index is 0.120. The van der Waals surface area contributed by atoms with Crippen molar-refractivity contribution in [1.29, 1.82) is 0 Å². The van der Waals surface area contributed by atoms with Gasteiger partial charge in [0.15, 0.2) is 0 Å². The second kappa shape index (κ2) is 9.05. The standard InChI is InChI=1S/C20H24F2N2O2/c1-15-7-8-23-13-17(15)5-3-9-24-10-11-25-19(14-24)16-4-2-6-18(12-16)26-20(21)22/h2,4,6-8,12-13,19-20H,3,5,9-11,14H2,1H3. The van der Waals surface area contributed by atoms with Gasteiger partial charge in [0, 0.05) is 25.5 Å². The van der Waals surface area contributed by atoms with Crippen LogP contribution in [-0.4, -0.2) is 42.7 Å². The molecule has 1 aliphatic heterocycles. The zero-order valence-corrected chi connectivity index (χ0v) is 14.9. The molecule has 1 saturated heterocycles. The predicted molar refractivity (Wildman–Crippen MR) is 95.5 cm³/mol. The molecule has 0 bridgehead atoms. The second-order valence-corrected chi connectivity index (χ2v) is 6.52. The monoisotopic (exact) mass is 362 g/mol. The van der Waals surface area contributed by atoms with E-state index >= 15 is 0 Å². The molecule has 1 fully saturated rings. The van der Waals surface area contributed by atoms with Crippen molar-refractivity contribution < 1.29 is 18.3 Å². The van der Waals surface area contributed by atoms with Gasteiger partial charge in [0.25, 0.3) is 0 Å². The van der Waals surface area contributed by atoms with E-state index in [-0.39, 0.29) is 11.9 Å². The maximum atomic E-state index is 12.4. The lowest BCUT2D eigenvalue weighted by Gasteiger charge is -2.33. The highest BCUT2D eigenvalue weighted by Crippen LogP contribution is 2.26. The molecule has 3 rings (SSSR count). The van der Waals surface area contributed by atoms with Crippen LogP contribution >= 0.6 is 0 Å². The van der Waals surface area contributed by atoms with Crippen molar-refractivity contribution in [3.05, 3.63) is 59.4 Å². The Bertz CT molecular complexity index is 712. The van der Waals surface area contributed by atoms with Crippen molar-refractivity contribution in [3.8, 4) is 5.75 Å². The minimum Gasteiger partial charge on any atom is -0.435 e. The molecule has 2 heterocycles. The van der Waals surface area contributed by atoms with Crippen LogP contribution in [0.3, 0.4) is 0 Å². The van der Waals surface area contributed by atoms with Crippen LogP contribution in [0.1, 0.15) is 29.2 Å². The number of alkyl halides is 2. The molecule has 140 valence electrons. The summed E-state index contributed by atoms with van der Waals surface area (Å²) in [5, 5.41) is 0. The van der Waals surface area contributed by atoms with Crippen molar-refractivity contribution >= 4 is 0 Å². The Morgan fingerprint density at radius 2 is 2.23 bits per heavy atom. The van der Waals surface area contributed by atoms with Gasteiger partial charge in [-0.2, -0.15) is 8.78 Å². The van der Waals surface area contributed by atoms with Crippen LogP contribution in [0, 0.1) is 6.92 Å². The van der Waals surface area contributed by atoms with Crippen molar-refractivity contribution in [1.82, 2.24) is 9.88 Å². The van der Waals surface area contributed by atoms with Gasteiger partial charge < -0.3 is 9.47 Å². The van der Waals surface area contributed by atoms with E-state index in [1.54, 1.807) is 12.1 Å². The van der Waals surface area contributed by atoms with E-state index in [1.807, 2.05) is 24.5 Å². The van der Waals surface area contributed by atoms with Gasteiger partial charge in [-0.15, -0.1) is 0 Å². The van der Waals surface area contributed by atoms with E-state index in [0.717, 1.165) is 38.0 Å². The molecule has 0 amide bonds. The molecule has 1 unspecified atom stereocenters. The molecule has 1 aromatic heterocycles. The quantitative estimate of drug-likeness (QED) is 0.746. The molecule has 26 heavy (non-hydrogen) atoms. The number of benzene rings is 1. The van der Waals surface area contributed by atoms with Crippen LogP contribution in [0.25, 0.3) is 0 Å². The Morgan fingerprint density at radius 1 is 1.35 bits per heavy atom. The zero-order chi connectivity index (χ0) is 18.4. The summed E-state index contributed by atoms with van der Waals surface area (Å²) >= 11 is 0. The lowest BCUT2D eigenvalue weighted by molar-refractivity contribution is -0.0507. The van der Waals surface area contributed by atoms with Crippen LogP contribution in [-0.2, 0) is 11.2 Å². The third-order valence-electron chi connectivity index (χ3n) is 4.67. The highest BCUT2D eigenvalue weighted by molar-refractivity contribution is 5.30. The van der Waals surface area contributed by atoms with E-state index in [9.17, 15) is 8.78 Å². The first-order valence-corrected chi connectivity index (χ1v) is 8.90. The third-order valence-corrected chi connectivity index (χ3v) is 4.67. The fraction of sp³-hybridized carbons (Fsp3) is 0.450. The van der Waals surface area contributed by atoms with Crippen LogP contribution < -0.4 is 4.74 Å². The van der Waals surface area contributed by atoms with Gasteiger partial charge in [-0.05, 0) is 61.2 Å². The average molecular weight is 362 g/mol. The zero-order valence-electron chi connectivity index (χ0n) is 14.9. The topological polar surface area (TPSA) is 34.6 Å². The smallest absolute Gasteiger partial charge is 0.387 e.